The molecule has 1 aromatic heterocycles. The molecule has 3 rings (SSSR count). The molecule has 0 radical (unpaired) electrons. The minimum absolute atomic E-state index is 0.161. The Morgan fingerprint density at radius 1 is 1.40 bits per heavy atom. The van der Waals surface area contributed by atoms with Gasteiger partial charge in [0.15, 0.2) is 0 Å². The Labute approximate surface area is 151 Å². The molecule has 0 saturated heterocycles. The Morgan fingerprint density at radius 2 is 2.28 bits per heavy atom. The number of pyridine rings is 1. The van der Waals surface area contributed by atoms with Crippen molar-refractivity contribution in [1.82, 2.24) is 9.88 Å². The third-order valence-electron chi connectivity index (χ3n) is 4.01. The zero-order valence-electron chi connectivity index (χ0n) is 13.6. The molecule has 1 amide bonds. The van der Waals surface area contributed by atoms with Gasteiger partial charge in [0.2, 0.25) is 5.91 Å². The number of halogens is 1. The second-order valence-electron chi connectivity index (χ2n) is 5.82. The Morgan fingerprint density at radius 3 is 3.04 bits per heavy atom. The van der Waals surface area contributed by atoms with E-state index in [1.165, 1.54) is 5.57 Å². The van der Waals surface area contributed by atoms with Gasteiger partial charge in [-0.15, -0.1) is 0 Å². The highest BCUT2D eigenvalue weighted by molar-refractivity contribution is 6.31. The Balaban J connectivity index is 1.63. The number of amides is 1. The summed E-state index contributed by atoms with van der Waals surface area (Å²) < 4.78 is 0. The van der Waals surface area contributed by atoms with Crippen molar-refractivity contribution in [3.05, 3.63) is 65.0 Å². The standard InChI is InChI=1S/C19H17ClN4O/c20-17-6-5-14(10-21)18(9-17)23-19(25)13-24-8-2-4-16(12-24)15-3-1-7-22-11-15/h1,3-7,9,11H,2,8,12-13H2,(H,23,25). The lowest BCUT2D eigenvalue weighted by Crippen LogP contribution is -2.36. The first-order valence-corrected chi connectivity index (χ1v) is 8.35. The van der Waals surface area contributed by atoms with Crippen molar-refractivity contribution in [1.29, 1.82) is 5.26 Å². The molecule has 0 saturated carbocycles. The van der Waals surface area contributed by atoms with Crippen LogP contribution in [0.15, 0.2) is 48.8 Å². The Bertz CT molecular complexity index is 842. The van der Waals surface area contributed by atoms with Gasteiger partial charge in [-0.25, -0.2) is 0 Å². The number of anilines is 1. The molecule has 0 unspecified atom stereocenters. The number of nitriles is 1. The summed E-state index contributed by atoms with van der Waals surface area (Å²) in [5.41, 5.74) is 3.09. The van der Waals surface area contributed by atoms with Crippen LogP contribution in [0, 0.1) is 11.3 Å². The van der Waals surface area contributed by atoms with E-state index in [0.29, 0.717) is 22.8 Å². The number of nitrogens with zero attached hydrogens (tertiary/aromatic N) is 3. The fourth-order valence-corrected chi connectivity index (χ4v) is 2.98. The van der Waals surface area contributed by atoms with E-state index in [1.807, 2.05) is 18.3 Å². The van der Waals surface area contributed by atoms with Crippen molar-refractivity contribution in [3.63, 3.8) is 0 Å². The molecule has 1 aliphatic heterocycles. The number of hydrogen-bond donors (Lipinski definition) is 1. The van der Waals surface area contributed by atoms with Crippen LogP contribution >= 0.6 is 11.6 Å². The zero-order valence-corrected chi connectivity index (χ0v) is 14.3. The summed E-state index contributed by atoms with van der Waals surface area (Å²) in [6, 6.07) is 10.8. The summed E-state index contributed by atoms with van der Waals surface area (Å²) in [4.78, 5) is 18.6. The van der Waals surface area contributed by atoms with Gasteiger partial charge in [0, 0.05) is 30.5 Å². The van der Waals surface area contributed by atoms with E-state index in [2.05, 4.69) is 27.3 Å². The maximum Gasteiger partial charge on any atom is 0.238 e. The summed E-state index contributed by atoms with van der Waals surface area (Å²) in [5, 5.41) is 12.4. The number of carbonyl (C=O) groups is 1. The number of benzene rings is 1. The first kappa shape index (κ1) is 17.2. The first-order chi connectivity index (χ1) is 12.2. The molecule has 2 heterocycles. The summed E-state index contributed by atoms with van der Waals surface area (Å²) >= 11 is 5.95. The Hall–Kier alpha value is -2.68. The molecule has 25 heavy (non-hydrogen) atoms. The zero-order chi connectivity index (χ0) is 17.6. The average Bonchev–Trinajstić information content (AvgIpc) is 2.63. The number of aromatic nitrogens is 1. The third kappa shape index (κ3) is 4.44. The second kappa shape index (κ2) is 7.93. The van der Waals surface area contributed by atoms with Crippen molar-refractivity contribution in [2.45, 2.75) is 6.42 Å². The van der Waals surface area contributed by atoms with Gasteiger partial charge in [-0.1, -0.05) is 23.7 Å². The topological polar surface area (TPSA) is 69.0 Å². The lowest BCUT2D eigenvalue weighted by atomic mass is 10.0. The maximum absolute atomic E-state index is 12.4. The van der Waals surface area contributed by atoms with Crippen molar-refractivity contribution >= 4 is 28.8 Å². The second-order valence-corrected chi connectivity index (χ2v) is 6.26. The van der Waals surface area contributed by atoms with E-state index in [-0.39, 0.29) is 12.5 Å². The maximum atomic E-state index is 12.4. The molecule has 126 valence electrons. The van der Waals surface area contributed by atoms with Crippen LogP contribution in [0.4, 0.5) is 5.69 Å². The van der Waals surface area contributed by atoms with E-state index in [0.717, 1.165) is 18.5 Å². The van der Waals surface area contributed by atoms with Crippen LogP contribution in [-0.2, 0) is 4.79 Å². The highest BCUT2D eigenvalue weighted by Crippen LogP contribution is 2.22. The predicted octanol–water partition coefficient (Wildman–Crippen LogP) is 3.33. The minimum Gasteiger partial charge on any atom is -0.324 e. The van der Waals surface area contributed by atoms with E-state index >= 15 is 0 Å². The Kier molecular flexibility index (Phi) is 5.44. The van der Waals surface area contributed by atoms with Crippen LogP contribution in [0.25, 0.3) is 5.57 Å². The summed E-state index contributed by atoms with van der Waals surface area (Å²) in [6.07, 6.45) is 6.66. The molecular weight excluding hydrogens is 336 g/mol. The molecule has 2 aromatic rings. The number of rotatable bonds is 4. The van der Waals surface area contributed by atoms with Gasteiger partial charge in [0.25, 0.3) is 0 Å². The van der Waals surface area contributed by atoms with Crippen LogP contribution in [0.3, 0.4) is 0 Å². The molecule has 0 bridgehead atoms. The van der Waals surface area contributed by atoms with Gasteiger partial charge >= 0.3 is 0 Å². The van der Waals surface area contributed by atoms with Gasteiger partial charge in [0.1, 0.15) is 6.07 Å². The van der Waals surface area contributed by atoms with Crippen LogP contribution < -0.4 is 5.32 Å². The first-order valence-electron chi connectivity index (χ1n) is 7.97. The van der Waals surface area contributed by atoms with Crippen LogP contribution in [0.5, 0.6) is 0 Å². The van der Waals surface area contributed by atoms with Crippen LogP contribution in [-0.4, -0.2) is 35.4 Å². The molecule has 0 aliphatic carbocycles. The van der Waals surface area contributed by atoms with Gasteiger partial charge in [-0.3, -0.25) is 14.7 Å². The largest absolute Gasteiger partial charge is 0.324 e. The van der Waals surface area contributed by atoms with Crippen molar-refractivity contribution in [2.24, 2.45) is 0 Å². The quantitative estimate of drug-likeness (QED) is 0.916. The molecule has 1 N–H and O–H groups in total. The highest BCUT2D eigenvalue weighted by atomic mass is 35.5. The van der Waals surface area contributed by atoms with Gasteiger partial charge < -0.3 is 5.32 Å². The normalized spacial score (nSPS) is 14.5. The van der Waals surface area contributed by atoms with Crippen LogP contribution in [0.2, 0.25) is 5.02 Å². The van der Waals surface area contributed by atoms with Crippen LogP contribution in [0.1, 0.15) is 17.5 Å². The molecule has 1 aromatic carbocycles. The van der Waals surface area contributed by atoms with Crippen molar-refractivity contribution < 1.29 is 4.79 Å². The molecule has 1 aliphatic rings. The molecule has 5 nitrogen and oxygen atoms in total. The average molecular weight is 353 g/mol. The summed E-state index contributed by atoms with van der Waals surface area (Å²) in [6.45, 7) is 1.77. The SMILES string of the molecule is N#Cc1ccc(Cl)cc1NC(=O)CN1CCC=C(c2cccnc2)C1. The number of hydrogen-bond acceptors (Lipinski definition) is 4. The van der Waals surface area contributed by atoms with E-state index < -0.39 is 0 Å². The highest BCUT2D eigenvalue weighted by Gasteiger charge is 2.17. The number of nitrogens with one attached hydrogen (secondary N) is 1. The summed E-state index contributed by atoms with van der Waals surface area (Å²) in [7, 11) is 0. The van der Waals surface area contributed by atoms with E-state index in [4.69, 9.17) is 16.9 Å². The van der Waals surface area contributed by atoms with E-state index in [1.54, 1.807) is 24.4 Å². The van der Waals surface area contributed by atoms with Gasteiger partial charge in [-0.05, 0) is 41.8 Å². The summed E-state index contributed by atoms with van der Waals surface area (Å²) in [5.74, 6) is -0.161. The van der Waals surface area contributed by atoms with Gasteiger partial charge in [-0.2, -0.15) is 5.26 Å². The molecule has 0 fully saturated rings. The molecular formula is C19H17ClN4O. The minimum atomic E-state index is -0.161. The fraction of sp³-hybridized carbons (Fsp3) is 0.211. The lowest BCUT2D eigenvalue weighted by molar-refractivity contribution is -0.117. The third-order valence-corrected chi connectivity index (χ3v) is 4.24. The van der Waals surface area contributed by atoms with Crippen molar-refractivity contribution in [3.8, 4) is 6.07 Å². The monoisotopic (exact) mass is 352 g/mol. The lowest BCUT2D eigenvalue weighted by Gasteiger charge is -2.26. The molecule has 0 spiro atoms. The predicted molar refractivity (Wildman–Crippen MR) is 98.1 cm³/mol. The smallest absolute Gasteiger partial charge is 0.238 e. The van der Waals surface area contributed by atoms with E-state index in [9.17, 15) is 4.79 Å². The molecule has 6 heteroatoms. The number of carbonyl (C=O) groups excluding carboxylic acids is 1. The fourth-order valence-electron chi connectivity index (χ4n) is 2.81. The van der Waals surface area contributed by atoms with Crippen molar-refractivity contribution in [2.75, 3.05) is 25.0 Å². The molecule has 0 atom stereocenters. The van der Waals surface area contributed by atoms with Gasteiger partial charge in [0.05, 0.1) is 17.8 Å².